The average molecular weight is 331 g/mol. The number of nitrogens with one attached hydrogen (secondary N) is 1. The van der Waals surface area contributed by atoms with Crippen LogP contribution < -0.4 is 5.32 Å². The van der Waals surface area contributed by atoms with Gasteiger partial charge in [0.25, 0.3) is 0 Å². The SMILES string of the molecule is Cc1nc(CNC23CC4CC(CC(CC(=O)O)(C4)C2)C3)n(C)c1C. The first-order valence-electron chi connectivity index (χ1n) is 9.25. The summed E-state index contributed by atoms with van der Waals surface area (Å²) in [4.78, 5) is 16.1. The molecule has 2 N–H and O–H groups in total. The fourth-order valence-electron chi connectivity index (χ4n) is 6.40. The Morgan fingerprint density at radius 3 is 2.50 bits per heavy atom. The van der Waals surface area contributed by atoms with E-state index in [-0.39, 0.29) is 11.0 Å². The van der Waals surface area contributed by atoms with E-state index in [9.17, 15) is 9.90 Å². The van der Waals surface area contributed by atoms with E-state index in [1.165, 1.54) is 25.0 Å². The highest BCUT2D eigenvalue weighted by Crippen LogP contribution is 2.62. The largest absolute Gasteiger partial charge is 0.481 e. The Morgan fingerprint density at radius 1 is 1.29 bits per heavy atom. The minimum absolute atomic E-state index is 0.0381. The van der Waals surface area contributed by atoms with Crippen LogP contribution >= 0.6 is 0 Å². The van der Waals surface area contributed by atoms with Crippen molar-refractivity contribution >= 4 is 5.97 Å². The van der Waals surface area contributed by atoms with Crippen molar-refractivity contribution in [3.05, 3.63) is 17.2 Å². The van der Waals surface area contributed by atoms with Crippen molar-refractivity contribution in [1.29, 1.82) is 0 Å². The van der Waals surface area contributed by atoms with Crippen molar-refractivity contribution in [2.75, 3.05) is 0 Å². The number of imidazole rings is 1. The van der Waals surface area contributed by atoms with Gasteiger partial charge in [-0.3, -0.25) is 4.79 Å². The highest BCUT2D eigenvalue weighted by atomic mass is 16.4. The van der Waals surface area contributed by atoms with Crippen molar-refractivity contribution in [3.8, 4) is 0 Å². The molecule has 4 saturated carbocycles. The molecule has 1 aromatic rings. The molecule has 24 heavy (non-hydrogen) atoms. The first kappa shape index (κ1) is 16.1. The molecule has 2 unspecified atom stereocenters. The molecule has 4 aliphatic carbocycles. The van der Waals surface area contributed by atoms with Gasteiger partial charge in [-0.2, -0.15) is 0 Å². The van der Waals surface area contributed by atoms with Gasteiger partial charge in [-0.05, 0) is 69.6 Å². The number of aryl methyl sites for hydroxylation is 1. The summed E-state index contributed by atoms with van der Waals surface area (Å²) in [5.74, 6) is 1.89. The van der Waals surface area contributed by atoms with Crippen molar-refractivity contribution in [2.24, 2.45) is 24.3 Å². The average Bonchev–Trinajstić information content (AvgIpc) is 2.70. The van der Waals surface area contributed by atoms with E-state index in [0.717, 1.165) is 37.3 Å². The third-order valence-corrected chi connectivity index (χ3v) is 7.04. The summed E-state index contributed by atoms with van der Waals surface area (Å²) in [7, 11) is 2.08. The van der Waals surface area contributed by atoms with Crippen LogP contribution in [0.25, 0.3) is 0 Å². The Hall–Kier alpha value is -1.36. The van der Waals surface area contributed by atoms with Gasteiger partial charge in [-0.15, -0.1) is 0 Å². The Morgan fingerprint density at radius 2 is 1.96 bits per heavy atom. The maximum Gasteiger partial charge on any atom is 0.303 e. The van der Waals surface area contributed by atoms with Crippen molar-refractivity contribution < 1.29 is 9.90 Å². The Kier molecular flexibility index (Phi) is 3.57. The zero-order valence-corrected chi connectivity index (χ0v) is 15.1. The molecule has 0 amide bonds. The summed E-state index contributed by atoms with van der Waals surface area (Å²) in [5.41, 5.74) is 2.49. The molecular formula is C19H29N3O2. The van der Waals surface area contributed by atoms with Crippen molar-refractivity contribution in [3.63, 3.8) is 0 Å². The molecule has 2 atom stereocenters. The first-order chi connectivity index (χ1) is 11.3. The maximum atomic E-state index is 11.4. The summed E-state index contributed by atoms with van der Waals surface area (Å²) >= 11 is 0. The summed E-state index contributed by atoms with van der Waals surface area (Å²) < 4.78 is 2.18. The van der Waals surface area contributed by atoms with E-state index in [4.69, 9.17) is 4.98 Å². The van der Waals surface area contributed by atoms with Crippen molar-refractivity contribution in [1.82, 2.24) is 14.9 Å². The van der Waals surface area contributed by atoms with Crippen LogP contribution in [-0.4, -0.2) is 26.2 Å². The van der Waals surface area contributed by atoms with Crippen molar-refractivity contribution in [2.45, 2.75) is 70.9 Å². The molecular weight excluding hydrogens is 302 g/mol. The number of aliphatic carboxylic acids is 1. The second-order valence-corrected chi connectivity index (χ2v) is 8.92. The third kappa shape index (κ3) is 2.57. The molecule has 0 aliphatic heterocycles. The van der Waals surface area contributed by atoms with Gasteiger partial charge < -0.3 is 15.0 Å². The number of carboxylic acids is 1. The zero-order chi connectivity index (χ0) is 17.1. The van der Waals surface area contributed by atoms with E-state index in [1.807, 2.05) is 0 Å². The van der Waals surface area contributed by atoms with E-state index >= 15 is 0 Å². The summed E-state index contributed by atoms with van der Waals surface area (Å²) in [6.07, 6.45) is 7.37. The van der Waals surface area contributed by atoms with Crippen LogP contribution in [0.5, 0.6) is 0 Å². The highest BCUT2D eigenvalue weighted by molar-refractivity contribution is 5.68. The maximum absolute atomic E-state index is 11.4. The first-order valence-corrected chi connectivity index (χ1v) is 9.25. The molecule has 0 aromatic carbocycles. The van der Waals surface area contributed by atoms with Crippen LogP contribution in [0.4, 0.5) is 0 Å². The van der Waals surface area contributed by atoms with Gasteiger partial charge in [0.15, 0.2) is 0 Å². The lowest BCUT2D eigenvalue weighted by atomic mass is 9.46. The number of nitrogens with zero attached hydrogens (tertiary/aromatic N) is 2. The second-order valence-electron chi connectivity index (χ2n) is 8.92. The summed E-state index contributed by atoms with van der Waals surface area (Å²) in [6, 6.07) is 0. The standard InChI is InChI=1S/C19H29N3O2/c1-12-13(2)22(3)16(21-12)10-20-19-7-14-4-15(8-19)6-18(5-14,11-19)9-17(23)24/h14-15,20H,4-11H2,1-3H3,(H,23,24). The predicted octanol–water partition coefficient (Wildman–Crippen LogP) is 2.94. The second kappa shape index (κ2) is 5.32. The van der Waals surface area contributed by atoms with Gasteiger partial charge in [0.05, 0.1) is 18.7 Å². The fraction of sp³-hybridized carbons (Fsp3) is 0.789. The lowest BCUT2D eigenvalue weighted by Gasteiger charge is -2.62. The number of aromatic nitrogens is 2. The summed E-state index contributed by atoms with van der Waals surface area (Å²) in [5, 5.41) is 13.2. The molecule has 4 aliphatic rings. The predicted molar refractivity (Wildman–Crippen MR) is 91.6 cm³/mol. The van der Waals surface area contributed by atoms with Crippen LogP contribution in [0.3, 0.4) is 0 Å². The number of hydrogen-bond donors (Lipinski definition) is 2. The molecule has 0 spiro atoms. The third-order valence-electron chi connectivity index (χ3n) is 7.04. The van der Waals surface area contributed by atoms with Gasteiger partial charge in [-0.25, -0.2) is 4.98 Å². The van der Waals surface area contributed by atoms with Gasteiger partial charge in [0.2, 0.25) is 0 Å². The number of carbonyl (C=O) groups is 1. The van der Waals surface area contributed by atoms with E-state index < -0.39 is 5.97 Å². The van der Waals surface area contributed by atoms with E-state index in [0.29, 0.717) is 18.3 Å². The number of hydrogen-bond acceptors (Lipinski definition) is 3. The molecule has 1 heterocycles. The molecule has 132 valence electrons. The fourth-order valence-corrected chi connectivity index (χ4v) is 6.40. The minimum Gasteiger partial charge on any atom is -0.481 e. The van der Waals surface area contributed by atoms with Crippen LogP contribution in [-0.2, 0) is 18.4 Å². The highest BCUT2D eigenvalue weighted by Gasteiger charge is 2.57. The minimum atomic E-state index is -0.623. The normalized spacial score (nSPS) is 37.1. The van der Waals surface area contributed by atoms with Gasteiger partial charge >= 0.3 is 5.97 Å². The van der Waals surface area contributed by atoms with Gasteiger partial charge in [-0.1, -0.05) is 0 Å². The smallest absolute Gasteiger partial charge is 0.303 e. The Bertz CT molecular complexity index is 664. The van der Waals surface area contributed by atoms with Gasteiger partial charge in [0.1, 0.15) is 5.82 Å². The molecule has 5 nitrogen and oxygen atoms in total. The zero-order valence-electron chi connectivity index (χ0n) is 15.1. The molecule has 0 radical (unpaired) electrons. The van der Waals surface area contributed by atoms with Crippen LogP contribution in [0.1, 0.15) is 62.2 Å². The quantitative estimate of drug-likeness (QED) is 0.870. The summed E-state index contributed by atoms with van der Waals surface area (Å²) in [6.45, 7) is 4.96. The molecule has 4 bridgehead atoms. The lowest BCUT2D eigenvalue weighted by Crippen LogP contribution is -2.62. The topological polar surface area (TPSA) is 67.2 Å². The molecule has 5 rings (SSSR count). The van der Waals surface area contributed by atoms with Crippen LogP contribution in [0.15, 0.2) is 0 Å². The lowest BCUT2D eigenvalue weighted by molar-refractivity contribution is -0.147. The molecule has 0 saturated heterocycles. The van der Waals surface area contributed by atoms with E-state index in [2.05, 4.69) is 30.8 Å². The van der Waals surface area contributed by atoms with Crippen LogP contribution in [0, 0.1) is 31.1 Å². The molecule has 1 aromatic heterocycles. The van der Waals surface area contributed by atoms with E-state index in [1.54, 1.807) is 0 Å². The Labute approximate surface area is 143 Å². The molecule has 4 fully saturated rings. The molecule has 5 heteroatoms. The number of carboxylic acid groups (broad SMARTS) is 1. The number of rotatable bonds is 5. The Balaban J connectivity index is 1.54. The van der Waals surface area contributed by atoms with Gasteiger partial charge in [0, 0.05) is 18.3 Å². The monoisotopic (exact) mass is 331 g/mol. The van der Waals surface area contributed by atoms with Crippen LogP contribution in [0.2, 0.25) is 0 Å².